The molecule has 1 rings (SSSR count). The summed E-state index contributed by atoms with van der Waals surface area (Å²) < 4.78 is 0. The molecule has 0 radical (unpaired) electrons. The first-order valence-corrected chi connectivity index (χ1v) is 9.80. The smallest absolute Gasteiger partial charge is 0.258 e. The highest BCUT2D eigenvalue weighted by molar-refractivity contribution is 5.51. The first-order valence-electron chi connectivity index (χ1n) is 9.80. The van der Waals surface area contributed by atoms with Crippen LogP contribution in [-0.4, -0.2) is 4.92 Å². The van der Waals surface area contributed by atoms with Crippen molar-refractivity contribution < 1.29 is 4.92 Å². The first kappa shape index (κ1) is 20.7. The molecule has 0 bridgehead atoms. The van der Waals surface area contributed by atoms with Crippen LogP contribution in [0.5, 0.6) is 0 Å². The Morgan fingerprint density at radius 1 is 0.708 bits per heavy atom. The van der Waals surface area contributed by atoms with Gasteiger partial charge in [-0.15, -0.1) is 0 Å². The number of nitro benzene ring substituents is 1. The van der Waals surface area contributed by atoms with Gasteiger partial charge in [-0.1, -0.05) is 41.5 Å². The standard InChI is InChI=1S/C21H35NO2/c1-7-15(8-2)18-13-20(17(11-5)12-6)21(22(23)24)14-19(18)16(9-3)10-4/h13-17H,7-12H2,1-6H3. The van der Waals surface area contributed by atoms with Gasteiger partial charge >= 0.3 is 0 Å². The van der Waals surface area contributed by atoms with Crippen molar-refractivity contribution in [2.45, 2.75) is 97.8 Å². The Morgan fingerprint density at radius 3 is 1.38 bits per heavy atom. The largest absolute Gasteiger partial charge is 0.273 e. The van der Waals surface area contributed by atoms with Crippen LogP contribution in [0.1, 0.15) is 115 Å². The molecule has 1 aromatic rings. The summed E-state index contributed by atoms with van der Waals surface area (Å²) in [5.74, 6) is 1.18. The molecular formula is C21H35NO2. The zero-order chi connectivity index (χ0) is 18.3. The van der Waals surface area contributed by atoms with E-state index in [1.54, 1.807) is 0 Å². The van der Waals surface area contributed by atoms with Crippen molar-refractivity contribution in [3.05, 3.63) is 38.9 Å². The summed E-state index contributed by atoms with van der Waals surface area (Å²) in [5, 5.41) is 11.7. The summed E-state index contributed by atoms with van der Waals surface area (Å²) in [5.41, 5.74) is 3.86. The molecule has 0 aliphatic carbocycles. The van der Waals surface area contributed by atoms with E-state index in [0.29, 0.717) is 17.5 Å². The van der Waals surface area contributed by atoms with E-state index in [2.05, 4.69) is 47.6 Å². The van der Waals surface area contributed by atoms with Crippen molar-refractivity contribution >= 4 is 5.69 Å². The lowest BCUT2D eigenvalue weighted by molar-refractivity contribution is -0.385. The lowest BCUT2D eigenvalue weighted by Crippen LogP contribution is -2.10. The van der Waals surface area contributed by atoms with E-state index >= 15 is 0 Å². The molecule has 0 N–H and O–H groups in total. The number of hydrogen-bond donors (Lipinski definition) is 0. The topological polar surface area (TPSA) is 43.1 Å². The van der Waals surface area contributed by atoms with E-state index in [4.69, 9.17) is 0 Å². The highest BCUT2D eigenvalue weighted by Crippen LogP contribution is 2.41. The molecule has 24 heavy (non-hydrogen) atoms. The summed E-state index contributed by atoms with van der Waals surface area (Å²) in [6, 6.07) is 4.11. The van der Waals surface area contributed by atoms with Crippen LogP contribution < -0.4 is 0 Å². The summed E-state index contributed by atoms with van der Waals surface area (Å²) in [6.45, 7) is 13.1. The van der Waals surface area contributed by atoms with Gasteiger partial charge in [-0.05, 0) is 73.5 Å². The Labute approximate surface area is 148 Å². The third-order valence-corrected chi connectivity index (χ3v) is 5.71. The molecule has 0 spiro atoms. The van der Waals surface area contributed by atoms with Gasteiger partial charge in [-0.25, -0.2) is 0 Å². The maximum Gasteiger partial charge on any atom is 0.273 e. The van der Waals surface area contributed by atoms with Crippen molar-refractivity contribution in [2.24, 2.45) is 0 Å². The lowest BCUT2D eigenvalue weighted by Gasteiger charge is -2.25. The summed E-state index contributed by atoms with van der Waals surface area (Å²) >= 11 is 0. The van der Waals surface area contributed by atoms with Gasteiger partial charge in [0.15, 0.2) is 0 Å². The fourth-order valence-corrected chi connectivity index (χ4v) is 4.02. The molecule has 0 unspecified atom stereocenters. The first-order chi connectivity index (χ1) is 11.5. The van der Waals surface area contributed by atoms with E-state index in [9.17, 15) is 10.1 Å². The number of nitro groups is 1. The Bertz CT molecular complexity index is 527. The minimum atomic E-state index is -0.170. The van der Waals surface area contributed by atoms with Gasteiger partial charge in [-0.2, -0.15) is 0 Å². The lowest BCUT2D eigenvalue weighted by atomic mass is 9.79. The minimum absolute atomic E-state index is 0.170. The van der Waals surface area contributed by atoms with E-state index in [1.807, 2.05) is 6.07 Å². The molecular weight excluding hydrogens is 298 g/mol. The van der Waals surface area contributed by atoms with Crippen LogP contribution in [0.4, 0.5) is 5.69 Å². The summed E-state index contributed by atoms with van der Waals surface area (Å²) in [4.78, 5) is 11.6. The Morgan fingerprint density at radius 2 is 1.04 bits per heavy atom. The molecule has 0 saturated carbocycles. The fraction of sp³-hybridized carbons (Fsp3) is 0.714. The van der Waals surface area contributed by atoms with Crippen molar-refractivity contribution in [3.8, 4) is 0 Å². The Hall–Kier alpha value is -1.38. The number of hydrogen-bond acceptors (Lipinski definition) is 2. The average molecular weight is 334 g/mol. The van der Waals surface area contributed by atoms with Crippen LogP contribution in [0.3, 0.4) is 0 Å². The Kier molecular flexibility index (Phi) is 8.44. The second-order valence-electron chi connectivity index (χ2n) is 6.84. The van der Waals surface area contributed by atoms with Gasteiger partial charge in [0, 0.05) is 11.6 Å². The molecule has 0 atom stereocenters. The van der Waals surface area contributed by atoms with Gasteiger partial charge < -0.3 is 0 Å². The predicted molar refractivity (Wildman–Crippen MR) is 103 cm³/mol. The van der Waals surface area contributed by atoms with Crippen LogP contribution in [0.15, 0.2) is 12.1 Å². The summed E-state index contributed by atoms with van der Waals surface area (Å²) in [6.07, 6.45) is 6.14. The molecule has 3 heteroatoms. The maximum absolute atomic E-state index is 11.7. The number of rotatable bonds is 10. The van der Waals surface area contributed by atoms with Gasteiger partial charge in [0.2, 0.25) is 0 Å². The zero-order valence-electron chi connectivity index (χ0n) is 16.4. The third kappa shape index (κ3) is 4.37. The van der Waals surface area contributed by atoms with E-state index in [0.717, 1.165) is 44.1 Å². The fourth-order valence-electron chi connectivity index (χ4n) is 4.02. The predicted octanol–water partition coefficient (Wildman–Crippen LogP) is 7.31. The molecule has 0 aliphatic heterocycles. The maximum atomic E-state index is 11.7. The van der Waals surface area contributed by atoms with Crippen LogP contribution in [0.25, 0.3) is 0 Å². The van der Waals surface area contributed by atoms with Crippen LogP contribution in [0, 0.1) is 10.1 Å². The van der Waals surface area contributed by atoms with Crippen LogP contribution in [0.2, 0.25) is 0 Å². The van der Waals surface area contributed by atoms with Crippen LogP contribution in [-0.2, 0) is 0 Å². The zero-order valence-corrected chi connectivity index (χ0v) is 16.4. The second kappa shape index (κ2) is 9.80. The summed E-state index contributed by atoms with van der Waals surface area (Å²) in [7, 11) is 0. The number of benzene rings is 1. The van der Waals surface area contributed by atoms with Gasteiger partial charge in [0.25, 0.3) is 5.69 Å². The highest BCUT2D eigenvalue weighted by atomic mass is 16.6. The molecule has 0 aromatic heterocycles. The quantitative estimate of drug-likeness (QED) is 0.333. The molecule has 3 nitrogen and oxygen atoms in total. The average Bonchev–Trinajstić information content (AvgIpc) is 2.59. The van der Waals surface area contributed by atoms with E-state index < -0.39 is 0 Å². The SMILES string of the molecule is CCC(CC)c1cc(C(CC)CC)c([N+](=O)[O-])cc1C(CC)CC. The minimum Gasteiger partial charge on any atom is -0.258 e. The van der Waals surface area contributed by atoms with Gasteiger partial charge in [-0.3, -0.25) is 10.1 Å². The molecule has 0 heterocycles. The second-order valence-corrected chi connectivity index (χ2v) is 6.84. The van der Waals surface area contributed by atoms with Crippen molar-refractivity contribution in [3.63, 3.8) is 0 Å². The van der Waals surface area contributed by atoms with Crippen molar-refractivity contribution in [1.29, 1.82) is 0 Å². The number of nitrogens with zero attached hydrogens (tertiary/aromatic N) is 1. The van der Waals surface area contributed by atoms with Crippen molar-refractivity contribution in [2.75, 3.05) is 0 Å². The normalized spacial score (nSPS) is 11.7. The van der Waals surface area contributed by atoms with Gasteiger partial charge in [0.1, 0.15) is 0 Å². The third-order valence-electron chi connectivity index (χ3n) is 5.71. The van der Waals surface area contributed by atoms with Crippen LogP contribution >= 0.6 is 0 Å². The molecule has 0 amide bonds. The van der Waals surface area contributed by atoms with Gasteiger partial charge in [0.05, 0.1) is 4.92 Å². The molecule has 0 fully saturated rings. The van der Waals surface area contributed by atoms with E-state index in [1.165, 1.54) is 11.1 Å². The Balaban J connectivity index is 3.68. The molecule has 136 valence electrons. The van der Waals surface area contributed by atoms with E-state index in [-0.39, 0.29) is 10.8 Å². The molecule has 0 saturated heterocycles. The highest BCUT2D eigenvalue weighted by Gasteiger charge is 2.27. The molecule has 0 aliphatic rings. The molecule has 1 aromatic carbocycles. The monoisotopic (exact) mass is 333 g/mol. The van der Waals surface area contributed by atoms with Crippen molar-refractivity contribution in [1.82, 2.24) is 0 Å².